The van der Waals surface area contributed by atoms with Crippen LogP contribution in [0.2, 0.25) is 0 Å². The summed E-state index contributed by atoms with van der Waals surface area (Å²) in [5.41, 5.74) is 4.09. The minimum Gasteiger partial charge on any atom is -0.495 e. The van der Waals surface area contributed by atoms with Crippen molar-refractivity contribution in [3.63, 3.8) is 0 Å². The molecule has 1 N–H and O–H groups in total. The van der Waals surface area contributed by atoms with Gasteiger partial charge in [0.15, 0.2) is 0 Å². The van der Waals surface area contributed by atoms with Crippen LogP contribution in [0, 0.1) is 6.92 Å². The lowest BCUT2D eigenvalue weighted by Gasteiger charge is -2.37. The van der Waals surface area contributed by atoms with Gasteiger partial charge in [0.1, 0.15) is 11.6 Å². The van der Waals surface area contributed by atoms with Gasteiger partial charge in [-0.3, -0.25) is 9.69 Å². The zero-order valence-corrected chi connectivity index (χ0v) is 20.7. The average molecular weight is 474 g/mol. The topological polar surface area (TPSA) is 53.0 Å². The van der Waals surface area contributed by atoms with E-state index in [0.29, 0.717) is 6.67 Å². The van der Waals surface area contributed by atoms with Crippen molar-refractivity contribution in [2.45, 2.75) is 19.8 Å². The van der Waals surface area contributed by atoms with E-state index in [1.807, 2.05) is 37.3 Å². The predicted octanol–water partition coefficient (Wildman–Crippen LogP) is 3.90. The van der Waals surface area contributed by atoms with Crippen molar-refractivity contribution >= 4 is 17.4 Å². The van der Waals surface area contributed by atoms with Crippen LogP contribution in [0.3, 0.4) is 0 Å². The first-order valence-electron chi connectivity index (χ1n) is 12.6. The second kappa shape index (κ2) is 10.4. The lowest BCUT2D eigenvalue weighted by molar-refractivity contribution is 0.0947. The SMILES string of the molecule is COc1ccccc1N1CCN(CCCCN2CNC(=O)c3c(C)cn(-c4ccccc4)c32)CC1. The molecular formula is C28H35N5O2. The van der Waals surface area contributed by atoms with Crippen molar-refractivity contribution < 1.29 is 9.53 Å². The summed E-state index contributed by atoms with van der Waals surface area (Å²) in [6.45, 7) is 8.77. The van der Waals surface area contributed by atoms with E-state index in [4.69, 9.17) is 4.74 Å². The molecule has 7 nitrogen and oxygen atoms in total. The fourth-order valence-electron chi connectivity index (χ4n) is 5.25. The highest BCUT2D eigenvalue weighted by atomic mass is 16.5. The second-order valence-corrected chi connectivity index (χ2v) is 9.35. The molecule has 184 valence electrons. The zero-order valence-electron chi connectivity index (χ0n) is 20.7. The van der Waals surface area contributed by atoms with Crippen LogP contribution in [0.5, 0.6) is 5.75 Å². The molecule has 2 aromatic carbocycles. The summed E-state index contributed by atoms with van der Waals surface area (Å²) in [6.07, 6.45) is 4.31. The van der Waals surface area contributed by atoms with Gasteiger partial charge in [0, 0.05) is 44.6 Å². The molecule has 0 saturated carbocycles. The average Bonchev–Trinajstić information content (AvgIpc) is 3.27. The van der Waals surface area contributed by atoms with Crippen molar-refractivity contribution in [3.05, 3.63) is 71.9 Å². The predicted molar refractivity (Wildman–Crippen MR) is 141 cm³/mol. The number of para-hydroxylation sites is 3. The van der Waals surface area contributed by atoms with Crippen molar-refractivity contribution in [3.8, 4) is 11.4 Å². The lowest BCUT2D eigenvalue weighted by atomic mass is 10.1. The Balaban J connectivity index is 1.16. The standard InChI is InChI=1S/C28H35N5O2/c1-22-20-33(23-10-4-3-5-11-23)28-26(22)27(34)29-21-32(28)15-9-8-14-30-16-18-31(19-17-30)24-12-6-7-13-25(24)35-2/h3-7,10-13,20H,8-9,14-19,21H2,1-2H3,(H,29,34). The minimum atomic E-state index is 0.0244. The molecule has 2 aliphatic rings. The van der Waals surface area contributed by atoms with E-state index in [9.17, 15) is 4.79 Å². The van der Waals surface area contributed by atoms with Crippen LogP contribution in [0.1, 0.15) is 28.8 Å². The van der Waals surface area contributed by atoms with Gasteiger partial charge in [0.2, 0.25) is 0 Å². The number of ether oxygens (including phenoxy) is 1. The fourth-order valence-corrected chi connectivity index (χ4v) is 5.25. The molecule has 3 heterocycles. The van der Waals surface area contributed by atoms with Crippen LogP contribution in [0.4, 0.5) is 11.5 Å². The molecule has 0 bridgehead atoms. The number of benzene rings is 2. The maximum absolute atomic E-state index is 12.6. The number of hydrogen-bond donors (Lipinski definition) is 1. The third kappa shape index (κ3) is 4.86. The Kier molecular flexibility index (Phi) is 6.95. The van der Waals surface area contributed by atoms with Gasteiger partial charge in [0.05, 0.1) is 25.0 Å². The molecule has 5 rings (SSSR count). The minimum absolute atomic E-state index is 0.0244. The number of methoxy groups -OCH3 is 1. The highest BCUT2D eigenvalue weighted by Gasteiger charge is 2.29. The number of piperazine rings is 1. The van der Waals surface area contributed by atoms with Crippen LogP contribution < -0.4 is 19.9 Å². The van der Waals surface area contributed by atoms with Gasteiger partial charge in [-0.05, 0) is 56.1 Å². The highest BCUT2D eigenvalue weighted by Crippen LogP contribution is 2.32. The molecule has 0 unspecified atom stereocenters. The van der Waals surface area contributed by atoms with Crippen LogP contribution >= 0.6 is 0 Å². The summed E-state index contributed by atoms with van der Waals surface area (Å²) in [4.78, 5) is 19.9. The van der Waals surface area contributed by atoms with Crippen LogP contribution in [0.25, 0.3) is 5.69 Å². The maximum Gasteiger partial charge on any atom is 0.256 e. The number of aryl methyl sites for hydroxylation is 1. The van der Waals surface area contributed by atoms with Gasteiger partial charge in [-0.2, -0.15) is 0 Å². The number of fused-ring (bicyclic) bond motifs is 1. The number of nitrogens with zero attached hydrogens (tertiary/aromatic N) is 4. The van der Waals surface area contributed by atoms with Gasteiger partial charge in [-0.15, -0.1) is 0 Å². The molecule has 1 saturated heterocycles. The van der Waals surface area contributed by atoms with Gasteiger partial charge in [-0.1, -0.05) is 30.3 Å². The number of hydrogen-bond acceptors (Lipinski definition) is 5. The Morgan fingerprint density at radius 3 is 2.40 bits per heavy atom. The van der Waals surface area contributed by atoms with Crippen molar-refractivity contribution in [1.82, 2.24) is 14.8 Å². The first-order chi connectivity index (χ1) is 17.2. The van der Waals surface area contributed by atoms with Gasteiger partial charge in [0.25, 0.3) is 5.91 Å². The Morgan fingerprint density at radius 2 is 1.63 bits per heavy atom. The summed E-state index contributed by atoms with van der Waals surface area (Å²) in [5.74, 6) is 1.99. The van der Waals surface area contributed by atoms with Crippen molar-refractivity contribution in [1.29, 1.82) is 0 Å². The van der Waals surface area contributed by atoms with E-state index in [2.05, 4.69) is 55.0 Å². The number of aromatic nitrogens is 1. The van der Waals surface area contributed by atoms with E-state index in [-0.39, 0.29) is 5.91 Å². The summed E-state index contributed by atoms with van der Waals surface area (Å²) in [7, 11) is 1.74. The largest absolute Gasteiger partial charge is 0.495 e. The van der Waals surface area contributed by atoms with E-state index in [1.165, 1.54) is 5.69 Å². The third-order valence-electron chi connectivity index (χ3n) is 7.11. The molecular weight excluding hydrogens is 438 g/mol. The van der Waals surface area contributed by atoms with E-state index in [0.717, 1.165) is 80.5 Å². The Bertz CT molecular complexity index is 1150. The van der Waals surface area contributed by atoms with E-state index in [1.54, 1.807) is 7.11 Å². The molecule has 3 aromatic rings. The van der Waals surface area contributed by atoms with Crippen LogP contribution in [-0.2, 0) is 0 Å². The molecule has 1 fully saturated rings. The first kappa shape index (κ1) is 23.3. The molecule has 2 aliphatic heterocycles. The monoisotopic (exact) mass is 473 g/mol. The zero-order chi connectivity index (χ0) is 24.2. The quantitative estimate of drug-likeness (QED) is 0.503. The first-order valence-corrected chi connectivity index (χ1v) is 12.6. The lowest BCUT2D eigenvalue weighted by Crippen LogP contribution is -2.47. The third-order valence-corrected chi connectivity index (χ3v) is 7.11. The summed E-state index contributed by atoms with van der Waals surface area (Å²) in [5, 5.41) is 3.06. The van der Waals surface area contributed by atoms with Crippen molar-refractivity contribution in [2.75, 3.05) is 62.8 Å². The maximum atomic E-state index is 12.6. The molecule has 1 amide bonds. The van der Waals surface area contributed by atoms with Gasteiger partial charge >= 0.3 is 0 Å². The smallest absolute Gasteiger partial charge is 0.256 e. The van der Waals surface area contributed by atoms with E-state index >= 15 is 0 Å². The number of amides is 1. The number of rotatable bonds is 8. The Morgan fingerprint density at radius 1 is 0.914 bits per heavy atom. The number of nitrogens with one attached hydrogen (secondary N) is 1. The Hall–Kier alpha value is -3.45. The molecule has 7 heteroatoms. The fraction of sp³-hybridized carbons (Fsp3) is 0.393. The van der Waals surface area contributed by atoms with Gasteiger partial charge < -0.3 is 24.4 Å². The number of anilines is 2. The molecule has 35 heavy (non-hydrogen) atoms. The second-order valence-electron chi connectivity index (χ2n) is 9.35. The molecule has 1 aromatic heterocycles. The molecule has 0 radical (unpaired) electrons. The molecule has 0 aliphatic carbocycles. The van der Waals surface area contributed by atoms with Crippen molar-refractivity contribution in [2.24, 2.45) is 0 Å². The summed E-state index contributed by atoms with van der Waals surface area (Å²) < 4.78 is 7.71. The number of carbonyl (C=O) groups excluding carboxylic acids is 1. The number of unbranched alkanes of at least 4 members (excludes halogenated alkanes) is 1. The summed E-state index contributed by atoms with van der Waals surface area (Å²) >= 11 is 0. The Labute approximate surface area is 207 Å². The highest BCUT2D eigenvalue weighted by molar-refractivity contribution is 6.02. The molecule has 0 spiro atoms. The number of carbonyl (C=O) groups is 1. The van der Waals surface area contributed by atoms with Crippen LogP contribution in [-0.4, -0.2) is 68.4 Å². The normalized spacial score (nSPS) is 16.2. The van der Waals surface area contributed by atoms with Gasteiger partial charge in [-0.25, -0.2) is 0 Å². The van der Waals surface area contributed by atoms with Crippen LogP contribution in [0.15, 0.2) is 60.8 Å². The van der Waals surface area contributed by atoms with E-state index < -0.39 is 0 Å². The summed E-state index contributed by atoms with van der Waals surface area (Å²) in [6, 6.07) is 18.6. The molecule has 0 atom stereocenters.